The van der Waals surface area contributed by atoms with E-state index >= 15 is 0 Å². The number of unbranched alkanes of at least 4 members (excludes halogenated alkanes) is 5. The van der Waals surface area contributed by atoms with Crippen molar-refractivity contribution in [1.29, 1.82) is 5.26 Å². The second-order valence-corrected chi connectivity index (χ2v) is 12.0. The third-order valence-corrected chi connectivity index (χ3v) is 9.99. The molecule has 0 aromatic heterocycles. The van der Waals surface area contributed by atoms with Crippen molar-refractivity contribution in [1.82, 2.24) is 0 Å². The zero-order valence-electron chi connectivity index (χ0n) is 21.2. The third kappa shape index (κ3) is 7.51. The number of rotatable bonds is 11. The highest BCUT2D eigenvalue weighted by Gasteiger charge is 2.39. The molecule has 1 heteroatoms. The van der Waals surface area contributed by atoms with Crippen molar-refractivity contribution in [2.24, 2.45) is 35.0 Å². The molecule has 0 heterocycles. The van der Waals surface area contributed by atoms with Crippen molar-refractivity contribution in [2.45, 2.75) is 149 Å². The van der Waals surface area contributed by atoms with Crippen molar-refractivity contribution in [3.63, 3.8) is 0 Å². The Hall–Kier alpha value is -0.510. The predicted octanol–water partition coefficient (Wildman–Crippen LogP) is 9.85. The van der Waals surface area contributed by atoms with Crippen LogP contribution in [0.5, 0.6) is 0 Å². The smallest absolute Gasteiger partial charge is 0.0689 e. The van der Waals surface area contributed by atoms with Gasteiger partial charge in [-0.2, -0.15) is 5.26 Å². The second-order valence-electron chi connectivity index (χ2n) is 12.0. The van der Waals surface area contributed by atoms with Gasteiger partial charge < -0.3 is 0 Å². The maximum atomic E-state index is 9.90. The SMILES string of the molecule is CCCCCC[C@]1(C#N)CC[C@H](C2CCC([C@H]3CC[C@H](CCCCC)CC3)CC2)CC1. The quantitative estimate of drug-likeness (QED) is 0.301. The van der Waals surface area contributed by atoms with E-state index in [0.29, 0.717) is 0 Å². The number of nitrogens with zero attached hydrogens (tertiary/aromatic N) is 1. The van der Waals surface area contributed by atoms with Crippen LogP contribution in [0.15, 0.2) is 0 Å². The van der Waals surface area contributed by atoms with Crippen LogP contribution in [0.4, 0.5) is 0 Å². The lowest BCUT2D eigenvalue weighted by atomic mass is 9.62. The average Bonchev–Trinajstić information content (AvgIpc) is 2.83. The van der Waals surface area contributed by atoms with Gasteiger partial charge in [-0.25, -0.2) is 0 Å². The molecular weight excluding hydrogens is 374 g/mol. The van der Waals surface area contributed by atoms with Crippen LogP contribution in [0.1, 0.15) is 149 Å². The van der Waals surface area contributed by atoms with Crippen LogP contribution in [-0.2, 0) is 0 Å². The fourth-order valence-electron chi connectivity index (χ4n) is 7.69. The van der Waals surface area contributed by atoms with Crippen molar-refractivity contribution in [2.75, 3.05) is 0 Å². The Morgan fingerprint density at radius 3 is 1.61 bits per heavy atom. The monoisotopic (exact) mass is 427 g/mol. The summed E-state index contributed by atoms with van der Waals surface area (Å²) in [5.41, 5.74) is 0.0389. The maximum Gasteiger partial charge on any atom is 0.0689 e. The van der Waals surface area contributed by atoms with E-state index in [1.54, 1.807) is 0 Å². The van der Waals surface area contributed by atoms with Crippen molar-refractivity contribution in [3.05, 3.63) is 0 Å². The number of nitriles is 1. The van der Waals surface area contributed by atoms with E-state index < -0.39 is 0 Å². The van der Waals surface area contributed by atoms with E-state index in [9.17, 15) is 5.26 Å². The number of hydrogen-bond acceptors (Lipinski definition) is 1. The summed E-state index contributed by atoms with van der Waals surface area (Å²) in [6.07, 6.45) is 29.5. The molecule has 0 N–H and O–H groups in total. The molecule has 3 aliphatic rings. The summed E-state index contributed by atoms with van der Waals surface area (Å²) in [5.74, 6) is 5.09. The highest BCUT2D eigenvalue weighted by atomic mass is 14.5. The number of hydrogen-bond donors (Lipinski definition) is 0. The molecule has 0 radical (unpaired) electrons. The van der Waals surface area contributed by atoms with Crippen LogP contribution >= 0.6 is 0 Å². The molecule has 3 aliphatic carbocycles. The summed E-state index contributed by atoms with van der Waals surface area (Å²) in [4.78, 5) is 0. The molecule has 0 aromatic rings. The van der Waals surface area contributed by atoms with E-state index in [2.05, 4.69) is 19.9 Å². The molecule has 178 valence electrons. The van der Waals surface area contributed by atoms with Crippen molar-refractivity contribution < 1.29 is 0 Å². The van der Waals surface area contributed by atoms with Gasteiger partial charge in [0.25, 0.3) is 0 Å². The van der Waals surface area contributed by atoms with Gasteiger partial charge in [0.1, 0.15) is 0 Å². The zero-order valence-corrected chi connectivity index (χ0v) is 21.2. The van der Waals surface area contributed by atoms with Gasteiger partial charge in [-0.3, -0.25) is 0 Å². The average molecular weight is 428 g/mol. The van der Waals surface area contributed by atoms with Crippen LogP contribution in [0.2, 0.25) is 0 Å². The zero-order chi connectivity index (χ0) is 21.9. The lowest BCUT2D eigenvalue weighted by Gasteiger charge is -2.43. The molecule has 0 amide bonds. The maximum absolute atomic E-state index is 9.90. The lowest BCUT2D eigenvalue weighted by Crippen LogP contribution is -2.32. The van der Waals surface area contributed by atoms with Crippen LogP contribution in [0, 0.1) is 46.3 Å². The summed E-state index contributed by atoms with van der Waals surface area (Å²) in [5, 5.41) is 9.90. The molecule has 0 bridgehead atoms. The fourth-order valence-corrected chi connectivity index (χ4v) is 7.69. The van der Waals surface area contributed by atoms with E-state index in [1.165, 1.54) is 135 Å². The van der Waals surface area contributed by atoms with Crippen LogP contribution in [0.3, 0.4) is 0 Å². The fraction of sp³-hybridized carbons (Fsp3) is 0.967. The molecule has 0 aliphatic heterocycles. The van der Waals surface area contributed by atoms with Gasteiger partial charge in [-0.15, -0.1) is 0 Å². The minimum atomic E-state index is 0.0389. The highest BCUT2D eigenvalue weighted by molar-refractivity contribution is 5.02. The van der Waals surface area contributed by atoms with Crippen molar-refractivity contribution >= 4 is 0 Å². The van der Waals surface area contributed by atoms with Gasteiger partial charge in [0.15, 0.2) is 0 Å². The van der Waals surface area contributed by atoms with E-state index in [4.69, 9.17) is 0 Å². The van der Waals surface area contributed by atoms with Gasteiger partial charge >= 0.3 is 0 Å². The predicted molar refractivity (Wildman–Crippen MR) is 134 cm³/mol. The van der Waals surface area contributed by atoms with Crippen LogP contribution < -0.4 is 0 Å². The summed E-state index contributed by atoms with van der Waals surface area (Å²) in [6.45, 7) is 4.61. The first-order valence-electron chi connectivity index (χ1n) is 14.6. The molecular formula is C30H53N. The second kappa shape index (κ2) is 13.3. The molecule has 3 rings (SSSR count). The Morgan fingerprint density at radius 2 is 1.10 bits per heavy atom. The molecule has 0 atom stereocenters. The van der Waals surface area contributed by atoms with E-state index in [1.807, 2.05) is 0 Å². The van der Waals surface area contributed by atoms with Gasteiger partial charge in [0.05, 0.1) is 11.5 Å². The standard InChI is InChI=1S/C30H53N/c1-3-5-7-9-21-30(24-31)22-19-29(20-23-30)28-17-15-27(16-18-28)26-13-11-25(12-14-26)10-8-6-4-2/h25-29H,3-23H2,1-2H3/t25-,26-,27?,28?,29-,30-. The summed E-state index contributed by atoms with van der Waals surface area (Å²) in [7, 11) is 0. The Labute approximate surface area is 195 Å². The lowest BCUT2D eigenvalue weighted by molar-refractivity contribution is 0.0897. The Bertz CT molecular complexity index is 507. The molecule has 31 heavy (non-hydrogen) atoms. The Balaban J connectivity index is 1.34. The Morgan fingerprint density at radius 1 is 0.613 bits per heavy atom. The summed E-state index contributed by atoms with van der Waals surface area (Å²) in [6, 6.07) is 2.79. The minimum Gasteiger partial charge on any atom is -0.198 e. The third-order valence-electron chi connectivity index (χ3n) is 9.99. The summed E-state index contributed by atoms with van der Waals surface area (Å²) >= 11 is 0. The molecule has 0 saturated heterocycles. The minimum absolute atomic E-state index is 0.0389. The normalized spacial score (nSPS) is 36.7. The molecule has 0 aromatic carbocycles. The largest absolute Gasteiger partial charge is 0.198 e. The van der Waals surface area contributed by atoms with Gasteiger partial charge in [0, 0.05) is 0 Å². The van der Waals surface area contributed by atoms with Crippen LogP contribution in [-0.4, -0.2) is 0 Å². The molecule has 3 fully saturated rings. The van der Waals surface area contributed by atoms with Crippen molar-refractivity contribution in [3.8, 4) is 6.07 Å². The van der Waals surface area contributed by atoms with E-state index in [0.717, 1.165) is 29.6 Å². The first-order valence-corrected chi connectivity index (χ1v) is 14.6. The molecule has 3 saturated carbocycles. The van der Waals surface area contributed by atoms with E-state index in [-0.39, 0.29) is 5.41 Å². The molecule has 0 unspecified atom stereocenters. The first kappa shape index (κ1) is 25.1. The summed E-state index contributed by atoms with van der Waals surface area (Å²) < 4.78 is 0. The van der Waals surface area contributed by atoms with Gasteiger partial charge in [0.2, 0.25) is 0 Å². The Kier molecular flexibility index (Phi) is 10.7. The first-order chi connectivity index (χ1) is 15.2. The van der Waals surface area contributed by atoms with Crippen LogP contribution in [0.25, 0.3) is 0 Å². The molecule has 0 spiro atoms. The molecule has 1 nitrogen and oxygen atoms in total. The topological polar surface area (TPSA) is 23.8 Å². The highest BCUT2D eigenvalue weighted by Crippen LogP contribution is 2.49. The van der Waals surface area contributed by atoms with Gasteiger partial charge in [-0.1, -0.05) is 78.1 Å². The van der Waals surface area contributed by atoms with Gasteiger partial charge in [-0.05, 0) is 100 Å².